The van der Waals surface area contributed by atoms with Gasteiger partial charge in [-0.2, -0.15) is 0 Å². The molecule has 0 saturated carbocycles. The lowest BCUT2D eigenvalue weighted by atomic mass is 10.4. The van der Waals surface area contributed by atoms with E-state index >= 15 is 0 Å². The summed E-state index contributed by atoms with van der Waals surface area (Å²) in [5.74, 6) is 0.863. The van der Waals surface area contributed by atoms with Gasteiger partial charge in [-0.25, -0.2) is 4.39 Å². The van der Waals surface area contributed by atoms with Crippen molar-refractivity contribution in [1.29, 1.82) is 5.41 Å². The minimum absolute atomic E-state index is 0.230. The fraction of sp³-hybridized carbons (Fsp3) is 0.300. The third-order valence-electron chi connectivity index (χ3n) is 1.71. The van der Waals surface area contributed by atoms with Gasteiger partial charge in [0, 0.05) is 19.0 Å². The summed E-state index contributed by atoms with van der Waals surface area (Å²) in [6, 6.07) is 6.42. The van der Waals surface area contributed by atoms with Crippen molar-refractivity contribution >= 4 is 17.6 Å². The Morgan fingerprint density at radius 3 is 2.79 bits per heavy atom. The van der Waals surface area contributed by atoms with Crippen LogP contribution in [0.1, 0.15) is 0 Å². The smallest absolute Gasteiger partial charge is 0.124 e. The molecular formula is C10H13FN2S. The highest BCUT2D eigenvalue weighted by atomic mass is 32.2. The van der Waals surface area contributed by atoms with Gasteiger partial charge in [0.1, 0.15) is 11.7 Å². The topological polar surface area (TPSA) is 27.1 Å². The average Bonchev–Trinajstić information content (AvgIpc) is 2.14. The van der Waals surface area contributed by atoms with Crippen LogP contribution in [0.2, 0.25) is 0 Å². The summed E-state index contributed by atoms with van der Waals surface area (Å²) >= 11 is 1.46. The van der Waals surface area contributed by atoms with E-state index in [-0.39, 0.29) is 5.82 Å². The Morgan fingerprint density at radius 1 is 1.50 bits per heavy atom. The minimum Gasteiger partial charge on any atom is -0.366 e. The van der Waals surface area contributed by atoms with Crippen LogP contribution in [0.5, 0.6) is 0 Å². The van der Waals surface area contributed by atoms with E-state index in [9.17, 15) is 4.39 Å². The zero-order valence-corrected chi connectivity index (χ0v) is 9.07. The summed E-state index contributed by atoms with van der Waals surface area (Å²) in [6.45, 7) is 0. The Hall–Kier alpha value is -1.03. The maximum Gasteiger partial charge on any atom is 0.124 e. The van der Waals surface area contributed by atoms with Gasteiger partial charge in [-0.15, -0.1) is 11.8 Å². The standard InChI is InChI=1S/C10H13FN2S/c1-13(2)10(12)7-14-9-5-3-4-8(11)6-9/h3-6,12H,7H2,1-2H3. The second-order valence-electron chi connectivity index (χ2n) is 3.09. The third-order valence-corrected chi connectivity index (χ3v) is 2.72. The molecule has 0 unspecified atom stereocenters. The minimum atomic E-state index is -0.230. The second kappa shape index (κ2) is 5.00. The number of thioether (sulfide) groups is 1. The number of rotatable bonds is 3. The Balaban J connectivity index is 2.50. The number of nitrogens with zero attached hydrogens (tertiary/aromatic N) is 1. The molecule has 0 aliphatic carbocycles. The van der Waals surface area contributed by atoms with Crippen molar-refractivity contribution in [2.75, 3.05) is 19.8 Å². The van der Waals surface area contributed by atoms with Gasteiger partial charge in [0.25, 0.3) is 0 Å². The first-order valence-corrected chi connectivity index (χ1v) is 5.21. The normalized spacial score (nSPS) is 9.93. The molecule has 0 bridgehead atoms. The molecule has 1 N–H and O–H groups in total. The van der Waals surface area contributed by atoms with Crippen molar-refractivity contribution < 1.29 is 4.39 Å². The van der Waals surface area contributed by atoms with Crippen molar-refractivity contribution in [3.8, 4) is 0 Å². The van der Waals surface area contributed by atoms with Crippen LogP contribution >= 0.6 is 11.8 Å². The highest BCUT2D eigenvalue weighted by Gasteiger charge is 2.01. The van der Waals surface area contributed by atoms with E-state index in [1.54, 1.807) is 11.0 Å². The molecule has 0 aliphatic heterocycles. The molecule has 1 aromatic carbocycles. The Bertz CT molecular complexity index is 326. The van der Waals surface area contributed by atoms with E-state index in [1.165, 1.54) is 23.9 Å². The number of halogens is 1. The number of nitrogens with one attached hydrogen (secondary N) is 1. The molecule has 0 heterocycles. The Labute approximate surface area is 87.6 Å². The van der Waals surface area contributed by atoms with Crippen molar-refractivity contribution in [2.45, 2.75) is 4.90 Å². The molecule has 0 radical (unpaired) electrons. The van der Waals surface area contributed by atoms with Crippen LogP contribution in [0, 0.1) is 11.2 Å². The molecule has 76 valence electrons. The molecule has 0 spiro atoms. The van der Waals surface area contributed by atoms with Gasteiger partial charge in [-0.05, 0) is 18.2 Å². The van der Waals surface area contributed by atoms with Gasteiger partial charge in [0.05, 0.1) is 5.75 Å². The van der Waals surface area contributed by atoms with E-state index in [0.29, 0.717) is 11.6 Å². The predicted octanol–water partition coefficient (Wildman–Crippen LogP) is 2.46. The van der Waals surface area contributed by atoms with E-state index in [0.717, 1.165) is 4.90 Å². The van der Waals surface area contributed by atoms with E-state index < -0.39 is 0 Å². The maximum absolute atomic E-state index is 12.8. The second-order valence-corrected chi connectivity index (χ2v) is 4.14. The quantitative estimate of drug-likeness (QED) is 0.473. The highest BCUT2D eigenvalue weighted by molar-refractivity contribution is 8.00. The molecule has 0 aromatic heterocycles. The lowest BCUT2D eigenvalue weighted by Gasteiger charge is -2.12. The summed E-state index contributed by atoms with van der Waals surface area (Å²) in [6.07, 6.45) is 0. The molecule has 4 heteroatoms. The van der Waals surface area contributed by atoms with Crippen LogP contribution in [0.3, 0.4) is 0 Å². The fourth-order valence-electron chi connectivity index (χ4n) is 0.838. The monoisotopic (exact) mass is 212 g/mol. The first-order valence-electron chi connectivity index (χ1n) is 4.22. The first kappa shape index (κ1) is 11.0. The van der Waals surface area contributed by atoms with Crippen molar-refractivity contribution in [3.05, 3.63) is 30.1 Å². The molecule has 0 saturated heterocycles. The van der Waals surface area contributed by atoms with Crippen LogP contribution in [0.25, 0.3) is 0 Å². The summed E-state index contributed by atoms with van der Waals surface area (Å²) < 4.78 is 12.8. The fourth-order valence-corrected chi connectivity index (χ4v) is 1.77. The van der Waals surface area contributed by atoms with Crippen LogP contribution in [-0.2, 0) is 0 Å². The van der Waals surface area contributed by atoms with Crippen LogP contribution in [0.15, 0.2) is 29.2 Å². The number of amidine groups is 1. The molecule has 14 heavy (non-hydrogen) atoms. The van der Waals surface area contributed by atoms with Crippen molar-refractivity contribution in [1.82, 2.24) is 4.90 Å². The van der Waals surface area contributed by atoms with Gasteiger partial charge >= 0.3 is 0 Å². The summed E-state index contributed by atoms with van der Waals surface area (Å²) in [5, 5.41) is 7.56. The third kappa shape index (κ3) is 3.38. The molecule has 1 rings (SSSR count). The lowest BCUT2D eigenvalue weighted by molar-refractivity contribution is 0.615. The first-order chi connectivity index (χ1) is 6.59. The summed E-state index contributed by atoms with van der Waals surface area (Å²) in [4.78, 5) is 2.60. The van der Waals surface area contributed by atoms with Gasteiger partial charge in [0.2, 0.25) is 0 Å². The molecule has 0 fully saturated rings. The van der Waals surface area contributed by atoms with Gasteiger partial charge in [0.15, 0.2) is 0 Å². The van der Waals surface area contributed by atoms with Crippen LogP contribution < -0.4 is 0 Å². The highest BCUT2D eigenvalue weighted by Crippen LogP contribution is 2.18. The lowest BCUT2D eigenvalue weighted by Crippen LogP contribution is -2.22. The predicted molar refractivity (Wildman–Crippen MR) is 58.5 cm³/mol. The zero-order chi connectivity index (χ0) is 10.6. The number of benzene rings is 1. The Kier molecular flexibility index (Phi) is 3.95. The van der Waals surface area contributed by atoms with Crippen LogP contribution in [0.4, 0.5) is 4.39 Å². The molecular weight excluding hydrogens is 199 g/mol. The molecule has 0 atom stereocenters. The SMILES string of the molecule is CN(C)C(=N)CSc1cccc(F)c1. The average molecular weight is 212 g/mol. The van der Waals surface area contributed by atoms with Gasteiger partial charge in [-0.3, -0.25) is 5.41 Å². The molecule has 2 nitrogen and oxygen atoms in total. The number of hydrogen-bond donors (Lipinski definition) is 1. The van der Waals surface area contributed by atoms with Crippen molar-refractivity contribution in [3.63, 3.8) is 0 Å². The largest absolute Gasteiger partial charge is 0.366 e. The molecule has 0 aliphatic rings. The van der Waals surface area contributed by atoms with Crippen LogP contribution in [-0.4, -0.2) is 30.6 Å². The summed E-state index contributed by atoms with van der Waals surface area (Å²) in [7, 11) is 3.66. The molecule has 0 amide bonds. The van der Waals surface area contributed by atoms with Crippen molar-refractivity contribution in [2.24, 2.45) is 0 Å². The van der Waals surface area contributed by atoms with E-state index in [1.807, 2.05) is 20.2 Å². The Morgan fingerprint density at radius 2 is 2.21 bits per heavy atom. The number of hydrogen-bond acceptors (Lipinski definition) is 2. The van der Waals surface area contributed by atoms with Gasteiger partial charge in [-0.1, -0.05) is 6.07 Å². The van der Waals surface area contributed by atoms with E-state index in [2.05, 4.69) is 0 Å². The summed E-state index contributed by atoms with van der Waals surface area (Å²) in [5.41, 5.74) is 0. The maximum atomic E-state index is 12.8. The van der Waals surface area contributed by atoms with Gasteiger partial charge < -0.3 is 4.90 Å². The zero-order valence-electron chi connectivity index (χ0n) is 8.25. The van der Waals surface area contributed by atoms with E-state index in [4.69, 9.17) is 5.41 Å². The molecule has 1 aromatic rings.